The van der Waals surface area contributed by atoms with E-state index < -0.39 is 0 Å². The van der Waals surface area contributed by atoms with E-state index in [1.54, 1.807) is 0 Å². The average molecular weight is 414 g/mol. The Bertz CT molecular complexity index is 769. The lowest BCUT2D eigenvalue weighted by molar-refractivity contribution is 0.0190. The van der Waals surface area contributed by atoms with Crippen LogP contribution >= 0.6 is 15.9 Å². The minimum absolute atomic E-state index is 0.00487. The summed E-state index contributed by atoms with van der Waals surface area (Å²) in [7, 11) is 0. The predicted molar refractivity (Wildman–Crippen MR) is 107 cm³/mol. The summed E-state index contributed by atoms with van der Waals surface area (Å²) in [6.45, 7) is 3.09. The van der Waals surface area contributed by atoms with Crippen LogP contribution in [-0.4, -0.2) is 35.9 Å². The van der Waals surface area contributed by atoms with Crippen molar-refractivity contribution >= 4 is 21.7 Å². The second-order valence-corrected chi connectivity index (χ2v) is 8.27. The third-order valence-electron chi connectivity index (χ3n) is 5.63. The fourth-order valence-corrected chi connectivity index (χ4v) is 4.62. The third kappa shape index (κ3) is 3.72. The fraction of sp³-hybridized carbons (Fsp3) is 0.409. The topological polar surface area (TPSA) is 29.5 Å². The molecule has 2 aliphatic heterocycles. The van der Waals surface area contributed by atoms with E-state index in [1.807, 2.05) is 24.3 Å². The summed E-state index contributed by atoms with van der Waals surface area (Å²) in [5.41, 5.74) is 2.15. The van der Waals surface area contributed by atoms with Crippen LogP contribution in [0.1, 0.15) is 41.6 Å². The maximum atomic E-state index is 12.4. The zero-order valence-electron chi connectivity index (χ0n) is 14.9. The van der Waals surface area contributed by atoms with Crippen LogP contribution in [0.2, 0.25) is 0 Å². The molecule has 2 aromatic rings. The number of halogens is 1. The molecule has 3 nitrogen and oxygen atoms in total. The van der Waals surface area contributed by atoms with Crippen LogP contribution < -0.4 is 4.74 Å². The number of ether oxygens (including phenoxy) is 1. The van der Waals surface area contributed by atoms with E-state index in [-0.39, 0.29) is 11.4 Å². The van der Waals surface area contributed by atoms with Crippen LogP contribution in [0.5, 0.6) is 5.75 Å². The van der Waals surface area contributed by atoms with E-state index >= 15 is 0 Å². The van der Waals surface area contributed by atoms with Crippen molar-refractivity contribution in [3.8, 4) is 5.75 Å². The highest BCUT2D eigenvalue weighted by atomic mass is 79.9. The zero-order chi connectivity index (χ0) is 18.0. The molecular weight excluding hydrogens is 390 g/mol. The van der Waals surface area contributed by atoms with Crippen LogP contribution in [0.15, 0.2) is 53.0 Å². The van der Waals surface area contributed by atoms with Gasteiger partial charge in [-0.2, -0.15) is 0 Å². The van der Waals surface area contributed by atoms with Crippen molar-refractivity contribution in [1.29, 1.82) is 0 Å². The van der Waals surface area contributed by atoms with Crippen molar-refractivity contribution in [1.82, 2.24) is 4.90 Å². The Kier molecular flexibility index (Phi) is 5.14. The van der Waals surface area contributed by atoms with E-state index in [0.717, 1.165) is 61.1 Å². The molecule has 0 amide bonds. The molecule has 0 radical (unpaired) electrons. The molecule has 4 heteroatoms. The molecule has 2 aliphatic rings. The number of hydrogen-bond acceptors (Lipinski definition) is 3. The Morgan fingerprint density at radius 1 is 1.08 bits per heavy atom. The Morgan fingerprint density at radius 2 is 1.81 bits per heavy atom. The summed E-state index contributed by atoms with van der Waals surface area (Å²) in [4.78, 5) is 14.8. The molecule has 1 spiro atoms. The first kappa shape index (κ1) is 17.7. The van der Waals surface area contributed by atoms with Crippen LogP contribution in [0, 0.1) is 0 Å². The number of rotatable bonds is 5. The smallest absolute Gasteiger partial charge is 0.164 e. The number of ketones is 1. The number of hydrogen-bond donors (Lipinski definition) is 0. The summed E-state index contributed by atoms with van der Waals surface area (Å²) in [6.07, 6.45) is 4.69. The molecule has 0 aromatic heterocycles. The summed E-state index contributed by atoms with van der Waals surface area (Å²) in [6, 6.07) is 16.1. The average Bonchev–Trinajstić information content (AvgIpc) is 3.01. The summed E-state index contributed by atoms with van der Waals surface area (Å²) >= 11 is 3.47. The minimum atomic E-state index is 0.00487. The van der Waals surface area contributed by atoms with Gasteiger partial charge in [0, 0.05) is 48.8 Å². The normalized spacial score (nSPS) is 18.5. The Hall–Kier alpha value is -1.65. The number of benzene rings is 2. The van der Waals surface area contributed by atoms with Crippen LogP contribution in [-0.2, 0) is 6.42 Å². The zero-order valence-corrected chi connectivity index (χ0v) is 16.5. The van der Waals surface area contributed by atoms with E-state index in [0.29, 0.717) is 6.42 Å². The van der Waals surface area contributed by atoms with E-state index in [2.05, 4.69) is 45.1 Å². The second kappa shape index (κ2) is 7.53. The molecule has 2 aromatic carbocycles. The van der Waals surface area contributed by atoms with Crippen molar-refractivity contribution in [3.05, 3.63) is 64.1 Å². The highest BCUT2D eigenvalue weighted by Gasteiger charge is 2.41. The molecule has 0 atom stereocenters. The monoisotopic (exact) mass is 413 g/mol. The molecule has 136 valence electrons. The standard InChI is InChI=1S/C22H24BrNO2/c23-19-8-3-2-7-18(19)20(25)9-5-13-24-14-11-22(12-15-24)16-17-6-1-4-10-21(17)26-22/h1-4,6-8,10H,5,9,11-16H2. The van der Waals surface area contributed by atoms with Crippen molar-refractivity contribution in [3.63, 3.8) is 0 Å². The minimum Gasteiger partial charge on any atom is -0.487 e. The summed E-state index contributed by atoms with van der Waals surface area (Å²) in [5, 5.41) is 0. The van der Waals surface area contributed by atoms with Gasteiger partial charge in [-0.15, -0.1) is 0 Å². The van der Waals surface area contributed by atoms with Crippen LogP contribution in [0.3, 0.4) is 0 Å². The van der Waals surface area contributed by atoms with Gasteiger partial charge in [0.1, 0.15) is 11.4 Å². The number of nitrogens with zero attached hydrogens (tertiary/aromatic N) is 1. The maximum absolute atomic E-state index is 12.4. The SMILES string of the molecule is O=C(CCCN1CCC2(CC1)Cc1ccccc1O2)c1ccccc1Br. The van der Waals surface area contributed by atoms with Gasteiger partial charge >= 0.3 is 0 Å². The maximum Gasteiger partial charge on any atom is 0.164 e. The first-order valence-corrected chi connectivity index (χ1v) is 10.2. The van der Waals surface area contributed by atoms with Gasteiger partial charge in [0.2, 0.25) is 0 Å². The number of carbonyl (C=O) groups excluding carboxylic acids is 1. The molecule has 0 bridgehead atoms. The number of para-hydroxylation sites is 1. The number of Topliss-reactive ketones (excluding diaryl/α,β-unsaturated/α-hetero) is 1. The molecule has 0 aliphatic carbocycles. The highest BCUT2D eigenvalue weighted by molar-refractivity contribution is 9.10. The largest absolute Gasteiger partial charge is 0.487 e. The van der Waals surface area contributed by atoms with Gasteiger partial charge in [0.15, 0.2) is 5.78 Å². The second-order valence-electron chi connectivity index (χ2n) is 7.42. The number of fused-ring (bicyclic) bond motifs is 1. The molecule has 1 fully saturated rings. The van der Waals surface area contributed by atoms with E-state index in [9.17, 15) is 4.79 Å². The van der Waals surface area contributed by atoms with Crippen molar-refractivity contribution < 1.29 is 9.53 Å². The molecule has 0 saturated carbocycles. The number of likely N-dealkylation sites (tertiary alicyclic amines) is 1. The lowest BCUT2D eigenvalue weighted by Gasteiger charge is -2.38. The lowest BCUT2D eigenvalue weighted by atomic mass is 9.87. The summed E-state index contributed by atoms with van der Waals surface area (Å²) in [5.74, 6) is 1.29. The quantitative estimate of drug-likeness (QED) is 0.653. The number of carbonyl (C=O) groups is 1. The molecule has 0 N–H and O–H groups in total. The molecule has 1 saturated heterocycles. The first-order valence-electron chi connectivity index (χ1n) is 9.42. The highest BCUT2D eigenvalue weighted by Crippen LogP contribution is 2.40. The molecular formula is C22H24BrNO2. The van der Waals surface area contributed by atoms with Crippen molar-refractivity contribution in [2.75, 3.05) is 19.6 Å². The Labute approximate surface area is 163 Å². The lowest BCUT2D eigenvalue weighted by Crippen LogP contribution is -2.47. The third-order valence-corrected chi connectivity index (χ3v) is 6.32. The van der Waals surface area contributed by atoms with Gasteiger partial charge in [-0.05, 0) is 30.7 Å². The van der Waals surface area contributed by atoms with Crippen molar-refractivity contribution in [2.24, 2.45) is 0 Å². The van der Waals surface area contributed by atoms with E-state index in [4.69, 9.17) is 4.74 Å². The predicted octanol–water partition coefficient (Wildman–Crippen LogP) is 4.88. The van der Waals surface area contributed by atoms with Gasteiger partial charge in [0.25, 0.3) is 0 Å². The summed E-state index contributed by atoms with van der Waals surface area (Å²) < 4.78 is 7.20. The van der Waals surface area contributed by atoms with E-state index in [1.165, 1.54) is 5.56 Å². The van der Waals surface area contributed by atoms with Gasteiger partial charge in [-0.25, -0.2) is 0 Å². The molecule has 4 rings (SSSR count). The van der Waals surface area contributed by atoms with Crippen LogP contribution in [0.25, 0.3) is 0 Å². The fourth-order valence-electron chi connectivity index (χ4n) is 4.11. The molecule has 0 unspecified atom stereocenters. The Morgan fingerprint density at radius 3 is 2.58 bits per heavy atom. The van der Waals surface area contributed by atoms with Crippen LogP contribution in [0.4, 0.5) is 0 Å². The molecule has 2 heterocycles. The van der Waals surface area contributed by atoms with Gasteiger partial charge in [-0.3, -0.25) is 4.79 Å². The number of piperidine rings is 1. The van der Waals surface area contributed by atoms with Crippen molar-refractivity contribution in [2.45, 2.75) is 37.7 Å². The van der Waals surface area contributed by atoms with Gasteiger partial charge in [0.05, 0.1) is 0 Å². The molecule has 26 heavy (non-hydrogen) atoms. The van der Waals surface area contributed by atoms with Gasteiger partial charge in [-0.1, -0.05) is 52.3 Å². The first-order chi connectivity index (χ1) is 12.7. The Balaban J connectivity index is 1.24. The van der Waals surface area contributed by atoms with Gasteiger partial charge < -0.3 is 9.64 Å².